The Morgan fingerprint density at radius 3 is 0.798 bits per heavy atom. The van der Waals surface area contributed by atoms with Crippen LogP contribution in [0.2, 0.25) is 0 Å². The van der Waals surface area contributed by atoms with Crippen LogP contribution in [0.1, 0.15) is 344 Å². The van der Waals surface area contributed by atoms with Gasteiger partial charge in [0, 0.05) is 25.7 Å². The van der Waals surface area contributed by atoms with Crippen molar-refractivity contribution in [2.75, 3.05) is 39.6 Å². The lowest BCUT2D eigenvalue weighted by molar-refractivity contribution is -0.161. The Kier molecular flexibility index (Phi) is 58.5. The van der Waals surface area contributed by atoms with Gasteiger partial charge in [-0.2, -0.15) is 0 Å². The number of esters is 4. The van der Waals surface area contributed by atoms with Crippen LogP contribution in [0.5, 0.6) is 0 Å². The summed E-state index contributed by atoms with van der Waals surface area (Å²) in [6.45, 7) is 14.0. The molecule has 0 amide bonds. The Labute approximate surface area is 543 Å². The lowest BCUT2D eigenvalue weighted by Gasteiger charge is -2.21. The van der Waals surface area contributed by atoms with Crippen molar-refractivity contribution in [3.63, 3.8) is 0 Å². The van der Waals surface area contributed by atoms with Gasteiger partial charge in [0.1, 0.15) is 19.3 Å². The van der Waals surface area contributed by atoms with Crippen LogP contribution in [-0.4, -0.2) is 96.7 Å². The Morgan fingerprint density at radius 1 is 0.315 bits per heavy atom. The maximum absolute atomic E-state index is 13.0. The molecule has 0 saturated carbocycles. The van der Waals surface area contributed by atoms with Crippen molar-refractivity contribution in [3.8, 4) is 0 Å². The number of carbonyl (C=O) groups excluding carboxylic acids is 4. The van der Waals surface area contributed by atoms with E-state index < -0.39 is 97.5 Å². The van der Waals surface area contributed by atoms with Crippen molar-refractivity contribution in [1.82, 2.24) is 0 Å². The number of phosphoric ester groups is 2. The Morgan fingerprint density at radius 2 is 0.539 bits per heavy atom. The van der Waals surface area contributed by atoms with Crippen molar-refractivity contribution in [3.05, 3.63) is 0 Å². The number of rotatable bonds is 67. The van der Waals surface area contributed by atoms with Crippen LogP contribution in [0.25, 0.3) is 0 Å². The molecule has 0 aliphatic rings. The summed E-state index contributed by atoms with van der Waals surface area (Å²) in [6.07, 6.45) is 41.8. The van der Waals surface area contributed by atoms with Gasteiger partial charge in [0.2, 0.25) is 0 Å². The number of phosphoric acid groups is 2. The van der Waals surface area contributed by atoms with E-state index in [1.807, 2.05) is 0 Å². The van der Waals surface area contributed by atoms with Gasteiger partial charge in [-0.25, -0.2) is 9.13 Å². The van der Waals surface area contributed by atoms with E-state index in [-0.39, 0.29) is 25.7 Å². The molecule has 7 atom stereocenters. The van der Waals surface area contributed by atoms with Gasteiger partial charge < -0.3 is 33.8 Å². The first-order chi connectivity index (χ1) is 42.7. The monoisotopic (exact) mass is 1310 g/mol. The molecule has 0 spiro atoms. The Bertz CT molecular complexity index is 1770. The average Bonchev–Trinajstić information content (AvgIpc) is 3.53. The molecule has 0 heterocycles. The highest BCUT2D eigenvalue weighted by atomic mass is 31.2. The topological polar surface area (TPSA) is 237 Å². The first-order valence-corrected chi connectivity index (χ1v) is 39.3. The van der Waals surface area contributed by atoms with Crippen LogP contribution in [-0.2, 0) is 65.4 Å². The molecule has 89 heavy (non-hydrogen) atoms. The molecular formula is C70H136O17P2. The minimum Gasteiger partial charge on any atom is -0.462 e. The van der Waals surface area contributed by atoms with Crippen LogP contribution < -0.4 is 0 Å². The van der Waals surface area contributed by atoms with Crippen LogP contribution in [0.4, 0.5) is 0 Å². The summed E-state index contributed by atoms with van der Waals surface area (Å²) in [4.78, 5) is 72.5. The number of ether oxygens (including phenoxy) is 4. The van der Waals surface area contributed by atoms with Crippen LogP contribution in [0, 0.1) is 23.7 Å². The number of hydrogen-bond donors (Lipinski definition) is 3. The third-order valence-corrected chi connectivity index (χ3v) is 18.7. The fourth-order valence-corrected chi connectivity index (χ4v) is 12.0. The number of aliphatic hydroxyl groups excluding tert-OH is 1. The Hall–Kier alpha value is -1.94. The minimum atomic E-state index is -4.95. The SMILES string of the molecule is CCC(C)CCCCCCCCC(=O)OC[C@H](COP(=O)(O)OCC(O)COP(=O)(O)OC[C@@H](COC(=O)CCCCCCCCCCC(C)C)OC(=O)CCCCCCCCC(C)CC)OC(=O)CCCCCCCCCCCCCCCCCC(C)C. The molecule has 0 aromatic rings. The van der Waals surface area contributed by atoms with Gasteiger partial charge in [-0.15, -0.1) is 0 Å². The third-order valence-electron chi connectivity index (χ3n) is 16.8. The lowest BCUT2D eigenvalue weighted by atomic mass is 10.00. The highest BCUT2D eigenvalue weighted by molar-refractivity contribution is 7.47. The third kappa shape index (κ3) is 62.0. The van der Waals surface area contributed by atoms with Crippen molar-refractivity contribution in [2.24, 2.45) is 23.7 Å². The highest BCUT2D eigenvalue weighted by Gasteiger charge is 2.30. The Balaban J connectivity index is 5.22. The predicted octanol–water partition coefficient (Wildman–Crippen LogP) is 19.7. The summed E-state index contributed by atoms with van der Waals surface area (Å²) in [7, 11) is -9.90. The van der Waals surface area contributed by atoms with Crippen molar-refractivity contribution in [2.45, 2.75) is 363 Å². The molecule has 17 nitrogen and oxygen atoms in total. The van der Waals surface area contributed by atoms with Crippen molar-refractivity contribution in [1.29, 1.82) is 0 Å². The predicted molar refractivity (Wildman–Crippen MR) is 358 cm³/mol. The molecule has 0 saturated heterocycles. The molecular weight excluding hydrogens is 1170 g/mol. The van der Waals surface area contributed by atoms with E-state index in [0.29, 0.717) is 25.7 Å². The van der Waals surface area contributed by atoms with Gasteiger partial charge in [0.15, 0.2) is 12.2 Å². The molecule has 0 aliphatic heterocycles. The minimum absolute atomic E-state index is 0.102. The summed E-state index contributed by atoms with van der Waals surface area (Å²) in [5.74, 6) is 0.846. The second-order valence-electron chi connectivity index (χ2n) is 26.7. The number of unbranched alkanes of at least 4 members (excludes halogenated alkanes) is 31. The van der Waals surface area contributed by atoms with Gasteiger partial charge in [-0.05, 0) is 49.4 Å². The van der Waals surface area contributed by atoms with E-state index in [1.54, 1.807) is 0 Å². The standard InChI is InChI=1S/C70H136O17P2/c1-9-62(7)48-40-32-26-28-35-43-51-68(73)81-57-65(86-69(74)52-44-36-25-19-17-15-13-11-12-14-16-18-22-30-38-46-60(3)4)58-84-88(76,77)82-54-64(71)55-83-89(78,79)85-59-66(87-70(75)53-45-37-29-27-33-41-49-63(8)10-2)56-80-67(72)50-42-34-24-21-20-23-31-39-47-61(5)6/h60-66,71H,9-59H2,1-8H3,(H,76,77)(H,78,79)/t62?,63?,64?,65-,66-/m1/s1. The van der Waals surface area contributed by atoms with E-state index in [4.69, 9.17) is 37.0 Å². The van der Waals surface area contributed by atoms with E-state index in [0.717, 1.165) is 120 Å². The molecule has 0 aromatic carbocycles. The van der Waals surface area contributed by atoms with Crippen LogP contribution in [0.3, 0.4) is 0 Å². The van der Waals surface area contributed by atoms with Gasteiger partial charge in [0.05, 0.1) is 26.4 Å². The van der Waals surface area contributed by atoms with Crippen molar-refractivity contribution >= 4 is 39.5 Å². The maximum atomic E-state index is 13.0. The number of hydrogen-bond acceptors (Lipinski definition) is 15. The second kappa shape index (κ2) is 59.8. The summed E-state index contributed by atoms with van der Waals surface area (Å²) in [6, 6.07) is 0. The number of carbonyl (C=O) groups is 4. The molecule has 528 valence electrons. The van der Waals surface area contributed by atoms with Gasteiger partial charge in [-0.1, -0.05) is 293 Å². The number of aliphatic hydroxyl groups is 1. The van der Waals surface area contributed by atoms with E-state index in [2.05, 4.69) is 55.4 Å². The van der Waals surface area contributed by atoms with E-state index >= 15 is 0 Å². The smallest absolute Gasteiger partial charge is 0.462 e. The fraction of sp³-hybridized carbons (Fsp3) is 0.943. The quantitative estimate of drug-likeness (QED) is 0.0222. The molecule has 5 unspecified atom stereocenters. The normalized spacial score (nSPS) is 14.9. The summed E-state index contributed by atoms with van der Waals surface area (Å²) in [5.41, 5.74) is 0. The van der Waals surface area contributed by atoms with Crippen molar-refractivity contribution < 1.29 is 80.2 Å². The summed E-state index contributed by atoms with van der Waals surface area (Å²) in [5, 5.41) is 10.6. The first kappa shape index (κ1) is 87.1. The lowest BCUT2D eigenvalue weighted by Crippen LogP contribution is -2.30. The summed E-state index contributed by atoms with van der Waals surface area (Å²) >= 11 is 0. The average molecular weight is 1310 g/mol. The zero-order chi connectivity index (χ0) is 66.1. The summed E-state index contributed by atoms with van der Waals surface area (Å²) < 4.78 is 68.2. The van der Waals surface area contributed by atoms with Gasteiger partial charge >= 0.3 is 39.5 Å². The fourth-order valence-electron chi connectivity index (χ4n) is 10.4. The van der Waals surface area contributed by atoms with Gasteiger partial charge in [0.25, 0.3) is 0 Å². The zero-order valence-corrected chi connectivity index (χ0v) is 59.8. The largest absolute Gasteiger partial charge is 0.472 e. The molecule has 0 radical (unpaired) electrons. The van der Waals surface area contributed by atoms with Crippen LogP contribution in [0.15, 0.2) is 0 Å². The van der Waals surface area contributed by atoms with Crippen LogP contribution >= 0.6 is 15.6 Å². The van der Waals surface area contributed by atoms with Gasteiger partial charge in [-0.3, -0.25) is 37.3 Å². The first-order valence-electron chi connectivity index (χ1n) is 36.3. The molecule has 0 aliphatic carbocycles. The molecule has 0 bridgehead atoms. The molecule has 0 rings (SSSR count). The molecule has 0 aromatic heterocycles. The molecule has 19 heteroatoms. The highest BCUT2D eigenvalue weighted by Crippen LogP contribution is 2.45. The molecule has 3 N–H and O–H groups in total. The van der Waals surface area contributed by atoms with E-state index in [9.17, 15) is 43.2 Å². The van der Waals surface area contributed by atoms with E-state index in [1.165, 1.54) is 141 Å². The molecule has 0 fully saturated rings. The zero-order valence-electron chi connectivity index (χ0n) is 58.1. The maximum Gasteiger partial charge on any atom is 0.472 e. The second-order valence-corrected chi connectivity index (χ2v) is 29.6.